The smallest absolute Gasteiger partial charge is 0.185 e. The van der Waals surface area contributed by atoms with Gasteiger partial charge in [0.2, 0.25) is 0 Å². The first-order valence-corrected chi connectivity index (χ1v) is 7.32. The molecule has 20 heavy (non-hydrogen) atoms. The molecule has 0 saturated heterocycles. The highest BCUT2D eigenvalue weighted by atomic mass is 32.2. The molecule has 1 aromatic rings. The van der Waals surface area contributed by atoms with Crippen molar-refractivity contribution in [2.24, 2.45) is 4.99 Å². The molecule has 7 heteroatoms. The van der Waals surface area contributed by atoms with E-state index in [9.17, 15) is 17.6 Å². The van der Waals surface area contributed by atoms with Gasteiger partial charge in [0.15, 0.2) is 28.4 Å². The fraction of sp³-hybridized carbons (Fsp3) is 0.462. The van der Waals surface area contributed by atoms with Gasteiger partial charge in [-0.05, 0) is 12.8 Å². The molecule has 3 rings (SSSR count). The summed E-state index contributed by atoms with van der Waals surface area (Å²) in [5.41, 5.74) is -0.991. The summed E-state index contributed by atoms with van der Waals surface area (Å²) in [4.78, 5) is 4.45. The number of rotatable bonds is 1. The van der Waals surface area contributed by atoms with Crippen LogP contribution in [0.1, 0.15) is 25.7 Å². The number of amidine groups is 1. The van der Waals surface area contributed by atoms with Gasteiger partial charge >= 0.3 is 0 Å². The number of hydrogen-bond donors (Lipinski definition) is 1. The number of nitrogens with one attached hydrogen (secondary N) is 1. The number of hydrogen-bond acceptors (Lipinski definition) is 3. The van der Waals surface area contributed by atoms with Crippen LogP contribution in [0.4, 0.5) is 23.2 Å². The Bertz CT molecular complexity index is 556. The van der Waals surface area contributed by atoms with Crippen LogP contribution in [0.15, 0.2) is 11.1 Å². The molecule has 0 aromatic heterocycles. The van der Waals surface area contributed by atoms with E-state index < -0.39 is 29.0 Å². The molecule has 1 spiro atoms. The van der Waals surface area contributed by atoms with Gasteiger partial charge < -0.3 is 5.32 Å². The van der Waals surface area contributed by atoms with Crippen LogP contribution in [-0.2, 0) is 0 Å². The van der Waals surface area contributed by atoms with Crippen LogP contribution in [0.2, 0.25) is 0 Å². The first-order valence-electron chi connectivity index (χ1n) is 6.33. The zero-order valence-electron chi connectivity index (χ0n) is 10.5. The molecule has 1 aliphatic carbocycles. The standard InChI is InChI=1S/C13H12F4N2S/c14-7-5-8(15)10(17)11(9(7)16)18-12-19-13(6-20-12)3-1-2-4-13/h5H,1-4,6H2,(H,18,19). The summed E-state index contributed by atoms with van der Waals surface area (Å²) in [6, 6.07) is 0.192. The summed E-state index contributed by atoms with van der Waals surface area (Å²) < 4.78 is 53.4. The Kier molecular flexibility index (Phi) is 3.40. The highest BCUT2D eigenvalue weighted by Crippen LogP contribution is 2.41. The van der Waals surface area contributed by atoms with Crippen molar-refractivity contribution in [3.8, 4) is 0 Å². The van der Waals surface area contributed by atoms with Gasteiger partial charge in [-0.15, -0.1) is 0 Å². The van der Waals surface area contributed by atoms with Crippen molar-refractivity contribution < 1.29 is 17.6 Å². The van der Waals surface area contributed by atoms with Crippen molar-refractivity contribution in [1.29, 1.82) is 0 Å². The molecule has 1 aliphatic heterocycles. The highest BCUT2D eigenvalue weighted by Gasteiger charge is 2.38. The lowest BCUT2D eigenvalue weighted by Crippen LogP contribution is -2.21. The molecule has 0 unspecified atom stereocenters. The SMILES string of the molecule is Fc1cc(F)c(F)c(NC2=NC3(CCCC3)CS2)c1F. The summed E-state index contributed by atoms with van der Waals surface area (Å²) >= 11 is 1.32. The van der Waals surface area contributed by atoms with E-state index in [-0.39, 0.29) is 11.6 Å². The Balaban J connectivity index is 1.89. The van der Waals surface area contributed by atoms with Crippen LogP contribution in [0.3, 0.4) is 0 Å². The average Bonchev–Trinajstić information content (AvgIpc) is 3.03. The Morgan fingerprint density at radius 2 is 1.65 bits per heavy atom. The van der Waals surface area contributed by atoms with Gasteiger partial charge in [0.25, 0.3) is 0 Å². The lowest BCUT2D eigenvalue weighted by atomic mass is 10.0. The largest absolute Gasteiger partial charge is 0.330 e. The monoisotopic (exact) mass is 304 g/mol. The van der Waals surface area contributed by atoms with E-state index in [0.717, 1.165) is 31.4 Å². The van der Waals surface area contributed by atoms with Gasteiger partial charge in [-0.1, -0.05) is 24.6 Å². The van der Waals surface area contributed by atoms with Crippen LogP contribution in [-0.4, -0.2) is 16.5 Å². The maximum atomic E-state index is 13.6. The maximum Gasteiger partial charge on any atom is 0.185 e. The van der Waals surface area contributed by atoms with Crippen LogP contribution in [0, 0.1) is 23.3 Å². The van der Waals surface area contributed by atoms with E-state index in [2.05, 4.69) is 10.3 Å². The van der Waals surface area contributed by atoms with E-state index >= 15 is 0 Å². The van der Waals surface area contributed by atoms with Crippen molar-refractivity contribution in [1.82, 2.24) is 0 Å². The minimum atomic E-state index is -1.43. The second-order valence-electron chi connectivity index (χ2n) is 5.11. The molecule has 0 radical (unpaired) electrons. The number of thioether (sulfide) groups is 1. The van der Waals surface area contributed by atoms with Gasteiger partial charge in [-0.2, -0.15) is 0 Å². The van der Waals surface area contributed by atoms with E-state index in [1.807, 2.05) is 0 Å². The van der Waals surface area contributed by atoms with Gasteiger partial charge in [-0.25, -0.2) is 17.6 Å². The quantitative estimate of drug-likeness (QED) is 0.625. The third kappa shape index (κ3) is 2.28. The zero-order valence-corrected chi connectivity index (χ0v) is 11.3. The van der Waals surface area contributed by atoms with Crippen molar-refractivity contribution in [2.75, 3.05) is 11.1 Å². The summed E-state index contributed by atoms with van der Waals surface area (Å²) in [5.74, 6) is -4.98. The molecule has 1 heterocycles. The Morgan fingerprint density at radius 3 is 2.25 bits per heavy atom. The Hall–Kier alpha value is -1.24. The predicted octanol–water partition coefficient (Wildman–Crippen LogP) is 4.07. The normalized spacial score (nSPS) is 20.5. The fourth-order valence-corrected chi connectivity index (χ4v) is 3.82. The molecule has 1 aromatic carbocycles. The number of aliphatic imine (C=N–C) groups is 1. The molecular formula is C13H12F4N2S. The third-order valence-corrected chi connectivity index (χ3v) is 4.84. The Labute approximate surface area is 117 Å². The van der Waals surface area contributed by atoms with E-state index in [1.54, 1.807) is 0 Å². The van der Waals surface area contributed by atoms with Gasteiger partial charge in [0.1, 0.15) is 5.69 Å². The molecule has 2 aliphatic rings. The first kappa shape index (κ1) is 13.7. The molecule has 0 bridgehead atoms. The third-order valence-electron chi connectivity index (χ3n) is 3.69. The zero-order chi connectivity index (χ0) is 14.3. The summed E-state index contributed by atoms with van der Waals surface area (Å²) in [6.07, 6.45) is 4.03. The predicted molar refractivity (Wildman–Crippen MR) is 71.0 cm³/mol. The number of nitrogens with zero attached hydrogens (tertiary/aromatic N) is 1. The summed E-state index contributed by atoms with van der Waals surface area (Å²) in [7, 11) is 0. The van der Waals surface area contributed by atoms with Crippen molar-refractivity contribution in [2.45, 2.75) is 31.2 Å². The second kappa shape index (κ2) is 4.95. The lowest BCUT2D eigenvalue weighted by molar-refractivity contribution is 0.459. The van der Waals surface area contributed by atoms with E-state index in [4.69, 9.17) is 0 Å². The van der Waals surface area contributed by atoms with Crippen LogP contribution in [0.25, 0.3) is 0 Å². The number of halogens is 4. The van der Waals surface area contributed by atoms with Crippen molar-refractivity contribution in [3.05, 3.63) is 29.3 Å². The molecule has 1 fully saturated rings. The summed E-state index contributed by atoms with van der Waals surface area (Å²) in [5, 5.41) is 2.71. The molecule has 1 saturated carbocycles. The van der Waals surface area contributed by atoms with Crippen LogP contribution < -0.4 is 5.32 Å². The van der Waals surface area contributed by atoms with Gasteiger partial charge in [0.05, 0.1) is 5.54 Å². The molecular weight excluding hydrogens is 292 g/mol. The molecule has 2 nitrogen and oxygen atoms in total. The topological polar surface area (TPSA) is 24.4 Å². The number of benzene rings is 1. The van der Waals surface area contributed by atoms with Crippen LogP contribution in [0.5, 0.6) is 0 Å². The fourth-order valence-electron chi connectivity index (χ4n) is 2.63. The van der Waals surface area contributed by atoms with E-state index in [0.29, 0.717) is 5.17 Å². The highest BCUT2D eigenvalue weighted by molar-refractivity contribution is 8.14. The molecule has 1 N–H and O–H groups in total. The minimum absolute atomic E-state index is 0.175. The average molecular weight is 304 g/mol. The van der Waals surface area contributed by atoms with Crippen molar-refractivity contribution >= 4 is 22.6 Å². The minimum Gasteiger partial charge on any atom is -0.330 e. The Morgan fingerprint density at radius 1 is 1.05 bits per heavy atom. The first-order chi connectivity index (χ1) is 9.51. The van der Waals surface area contributed by atoms with Crippen molar-refractivity contribution in [3.63, 3.8) is 0 Å². The molecule has 0 amide bonds. The summed E-state index contributed by atoms with van der Waals surface area (Å²) in [6.45, 7) is 0. The molecule has 0 atom stereocenters. The molecule has 108 valence electrons. The van der Waals surface area contributed by atoms with Gasteiger partial charge in [0, 0.05) is 11.8 Å². The second-order valence-corrected chi connectivity index (χ2v) is 6.07. The lowest BCUT2D eigenvalue weighted by Gasteiger charge is -2.16. The van der Waals surface area contributed by atoms with Gasteiger partial charge in [-0.3, -0.25) is 4.99 Å². The maximum absolute atomic E-state index is 13.6. The van der Waals surface area contributed by atoms with Crippen LogP contribution >= 0.6 is 11.8 Å². The number of anilines is 1. The van der Waals surface area contributed by atoms with E-state index in [1.165, 1.54) is 11.8 Å².